The number of aromatic nitrogens is 2. The monoisotopic (exact) mass is 389 g/mol. The number of ether oxygens (including phenoxy) is 2. The molecular formula is C19H17F2N3O4. The number of carbonyl (C=O) groups excluding carboxylic acids is 1. The molecule has 0 radical (unpaired) electrons. The fourth-order valence-electron chi connectivity index (χ4n) is 3.49. The van der Waals surface area contributed by atoms with Gasteiger partial charge in [-0.15, -0.1) is 0 Å². The first kappa shape index (κ1) is 18.1. The third-order valence-electron chi connectivity index (χ3n) is 4.56. The first-order chi connectivity index (χ1) is 13.4. The molecule has 4 rings (SSSR count). The van der Waals surface area contributed by atoms with Gasteiger partial charge in [0.2, 0.25) is 5.88 Å². The van der Waals surface area contributed by atoms with E-state index in [-0.39, 0.29) is 5.88 Å². The number of hydrogen-bond donors (Lipinski definition) is 1. The van der Waals surface area contributed by atoms with Crippen molar-refractivity contribution in [1.82, 2.24) is 9.97 Å². The zero-order chi connectivity index (χ0) is 19.8. The maximum absolute atomic E-state index is 12.5. The van der Waals surface area contributed by atoms with E-state index < -0.39 is 18.8 Å². The number of carbonyl (C=O) groups is 1. The number of primary amides is 1. The van der Waals surface area contributed by atoms with Gasteiger partial charge in [-0.1, -0.05) is 0 Å². The van der Waals surface area contributed by atoms with E-state index in [0.717, 1.165) is 35.9 Å². The van der Waals surface area contributed by atoms with E-state index in [9.17, 15) is 13.6 Å². The van der Waals surface area contributed by atoms with Crippen molar-refractivity contribution in [2.24, 2.45) is 5.73 Å². The molecule has 1 aliphatic carbocycles. The van der Waals surface area contributed by atoms with Crippen LogP contribution in [0.2, 0.25) is 0 Å². The molecule has 28 heavy (non-hydrogen) atoms. The third-order valence-corrected chi connectivity index (χ3v) is 4.56. The number of furan rings is 1. The van der Waals surface area contributed by atoms with Crippen molar-refractivity contribution in [3.05, 3.63) is 41.3 Å². The zero-order valence-electron chi connectivity index (χ0n) is 14.9. The van der Waals surface area contributed by atoms with Crippen LogP contribution in [0, 0.1) is 6.92 Å². The summed E-state index contributed by atoms with van der Waals surface area (Å²) in [4.78, 5) is 19.5. The van der Waals surface area contributed by atoms with Gasteiger partial charge < -0.3 is 19.6 Å². The van der Waals surface area contributed by atoms with E-state index in [4.69, 9.17) is 14.9 Å². The fourth-order valence-corrected chi connectivity index (χ4v) is 3.49. The minimum Gasteiger partial charge on any atom is -0.461 e. The molecule has 1 aliphatic rings. The molecule has 146 valence electrons. The summed E-state index contributed by atoms with van der Waals surface area (Å²) in [7, 11) is 0. The van der Waals surface area contributed by atoms with Gasteiger partial charge in [0.25, 0.3) is 0 Å². The number of benzene rings is 1. The highest BCUT2D eigenvalue weighted by Gasteiger charge is 2.28. The Bertz CT molecular complexity index is 1050. The van der Waals surface area contributed by atoms with E-state index in [2.05, 4.69) is 14.7 Å². The van der Waals surface area contributed by atoms with Gasteiger partial charge in [0.05, 0.1) is 17.2 Å². The maximum Gasteiger partial charge on any atom is 0.405 e. The lowest BCUT2D eigenvalue weighted by Crippen LogP contribution is -2.19. The molecule has 1 amide bonds. The molecule has 1 unspecified atom stereocenters. The van der Waals surface area contributed by atoms with Crippen molar-refractivity contribution >= 4 is 17.1 Å². The van der Waals surface area contributed by atoms with Crippen LogP contribution in [0.5, 0.6) is 5.88 Å². The van der Waals surface area contributed by atoms with Gasteiger partial charge in [-0.3, -0.25) is 0 Å². The van der Waals surface area contributed by atoms with Gasteiger partial charge in [-0.05, 0) is 43.5 Å². The van der Waals surface area contributed by atoms with Crippen molar-refractivity contribution in [3.63, 3.8) is 0 Å². The van der Waals surface area contributed by atoms with Crippen LogP contribution < -0.4 is 10.5 Å². The summed E-state index contributed by atoms with van der Waals surface area (Å²) in [6, 6.07) is 5.41. The van der Waals surface area contributed by atoms with E-state index in [1.54, 1.807) is 6.07 Å². The minimum atomic E-state index is -2.98. The number of aryl methyl sites for hydroxylation is 2. The van der Waals surface area contributed by atoms with E-state index >= 15 is 0 Å². The van der Waals surface area contributed by atoms with Gasteiger partial charge in [0.15, 0.2) is 0 Å². The number of hydrogen-bond acceptors (Lipinski definition) is 6. The van der Waals surface area contributed by atoms with E-state index in [1.165, 1.54) is 0 Å². The summed E-state index contributed by atoms with van der Waals surface area (Å²) in [6.45, 7) is -1.12. The van der Waals surface area contributed by atoms with Gasteiger partial charge >= 0.3 is 12.7 Å². The maximum atomic E-state index is 12.5. The quantitative estimate of drug-likeness (QED) is 0.715. The number of halogens is 2. The molecule has 7 nitrogen and oxygen atoms in total. The number of rotatable bonds is 4. The molecule has 9 heteroatoms. The predicted molar refractivity (Wildman–Crippen MR) is 95.0 cm³/mol. The number of amides is 1. The highest BCUT2D eigenvalue weighted by Crippen LogP contribution is 2.39. The smallest absolute Gasteiger partial charge is 0.405 e. The highest BCUT2D eigenvalue weighted by atomic mass is 19.3. The fraction of sp³-hybridized carbons (Fsp3) is 0.316. The highest BCUT2D eigenvalue weighted by molar-refractivity contribution is 5.91. The molecule has 0 fully saturated rings. The molecule has 0 spiro atoms. The Labute approximate surface area is 158 Å². The van der Waals surface area contributed by atoms with Gasteiger partial charge in [-0.2, -0.15) is 8.78 Å². The minimum absolute atomic E-state index is 0.257. The lowest BCUT2D eigenvalue weighted by molar-refractivity contribution is -0.0528. The summed E-state index contributed by atoms with van der Waals surface area (Å²) in [6.07, 6.45) is 2.05. The SMILES string of the molecule is Cc1cc(-c2cc3c(o2)CCCC3OC(N)=O)c2ncc(OC(F)F)nc2c1. The summed E-state index contributed by atoms with van der Waals surface area (Å²) in [5, 5.41) is 0. The normalized spacial score (nSPS) is 16.2. The van der Waals surface area contributed by atoms with Gasteiger partial charge in [-0.25, -0.2) is 14.8 Å². The molecule has 1 aromatic carbocycles. The van der Waals surface area contributed by atoms with Crippen LogP contribution in [-0.4, -0.2) is 22.7 Å². The largest absolute Gasteiger partial charge is 0.461 e. The van der Waals surface area contributed by atoms with Crippen molar-refractivity contribution < 1.29 is 27.5 Å². The lowest BCUT2D eigenvalue weighted by atomic mass is 9.95. The zero-order valence-corrected chi connectivity index (χ0v) is 14.9. The second-order valence-electron chi connectivity index (χ2n) is 6.57. The number of fused-ring (bicyclic) bond motifs is 2. The lowest BCUT2D eigenvalue weighted by Gasteiger charge is -2.20. The van der Waals surface area contributed by atoms with Crippen LogP contribution in [0.3, 0.4) is 0 Å². The van der Waals surface area contributed by atoms with Crippen LogP contribution in [0.1, 0.15) is 35.8 Å². The Hall–Kier alpha value is -3.23. The second-order valence-corrected chi connectivity index (χ2v) is 6.57. The van der Waals surface area contributed by atoms with Crippen molar-refractivity contribution in [2.45, 2.75) is 38.9 Å². The number of alkyl halides is 2. The van der Waals surface area contributed by atoms with Crippen molar-refractivity contribution in [3.8, 4) is 17.2 Å². The molecule has 2 aromatic heterocycles. The first-order valence-electron chi connectivity index (χ1n) is 8.72. The summed E-state index contributed by atoms with van der Waals surface area (Å²) < 4.78 is 40.4. The number of nitrogens with two attached hydrogens (primary N) is 1. The molecule has 0 aliphatic heterocycles. The average molecular weight is 389 g/mol. The summed E-state index contributed by atoms with van der Waals surface area (Å²) >= 11 is 0. The molecule has 0 bridgehead atoms. The third kappa shape index (κ3) is 3.47. The summed E-state index contributed by atoms with van der Waals surface area (Å²) in [5.41, 5.74) is 8.36. The van der Waals surface area contributed by atoms with Crippen LogP contribution in [0.15, 0.2) is 28.8 Å². The average Bonchev–Trinajstić information content (AvgIpc) is 3.05. The topological polar surface area (TPSA) is 100 Å². The first-order valence-corrected chi connectivity index (χ1v) is 8.72. The van der Waals surface area contributed by atoms with Gasteiger partial charge in [0.1, 0.15) is 17.6 Å². The van der Waals surface area contributed by atoms with Crippen LogP contribution in [-0.2, 0) is 11.2 Å². The van der Waals surface area contributed by atoms with Crippen LogP contribution >= 0.6 is 0 Å². The molecule has 2 N–H and O–H groups in total. The van der Waals surface area contributed by atoms with E-state index in [1.807, 2.05) is 19.1 Å². The van der Waals surface area contributed by atoms with Gasteiger partial charge in [0, 0.05) is 17.5 Å². The van der Waals surface area contributed by atoms with Crippen molar-refractivity contribution in [2.75, 3.05) is 0 Å². The van der Waals surface area contributed by atoms with Crippen LogP contribution in [0.4, 0.5) is 13.6 Å². The Morgan fingerprint density at radius 3 is 2.93 bits per heavy atom. The molecular weight excluding hydrogens is 372 g/mol. The molecule has 0 saturated heterocycles. The Kier molecular flexibility index (Phi) is 4.58. The molecule has 3 aromatic rings. The number of nitrogens with zero attached hydrogens (tertiary/aromatic N) is 2. The second kappa shape index (κ2) is 7.06. The predicted octanol–water partition coefficient (Wildman–Crippen LogP) is 4.27. The standard InChI is InChI=1S/C19H17F2N3O4/c1-9-5-11(17-12(6-9)24-16(8-23-17)28-18(20)21)15-7-10-13(26-15)3-2-4-14(10)27-19(22)25/h5-8,14,18H,2-4H2,1H3,(H2,22,25). The van der Waals surface area contributed by atoms with Crippen molar-refractivity contribution in [1.29, 1.82) is 0 Å². The Morgan fingerprint density at radius 2 is 2.18 bits per heavy atom. The Morgan fingerprint density at radius 1 is 1.36 bits per heavy atom. The molecule has 0 saturated carbocycles. The Balaban J connectivity index is 1.79. The summed E-state index contributed by atoms with van der Waals surface area (Å²) in [5.74, 6) is 1.01. The van der Waals surface area contributed by atoms with Crippen LogP contribution in [0.25, 0.3) is 22.4 Å². The molecule has 1 atom stereocenters. The molecule has 2 heterocycles. The van der Waals surface area contributed by atoms with E-state index in [0.29, 0.717) is 28.8 Å².